The number of sulfonamides is 1. The fraction of sp³-hybridized carbons (Fsp3) is 0.481. The van der Waals surface area contributed by atoms with E-state index < -0.39 is 49.7 Å². The number of hydroxylamine groups is 1. The van der Waals surface area contributed by atoms with Gasteiger partial charge in [-0.25, -0.2) is 22.0 Å². The van der Waals surface area contributed by atoms with Gasteiger partial charge in [-0.3, -0.25) is 9.69 Å². The molecule has 5 rings (SSSR count). The van der Waals surface area contributed by atoms with Gasteiger partial charge in [0.25, 0.3) is 10.0 Å². The third-order valence-corrected chi connectivity index (χ3v) is 9.03. The third kappa shape index (κ3) is 6.06. The number of piperidine rings is 1. The highest BCUT2D eigenvalue weighted by atomic mass is 35.5. The molecule has 1 saturated heterocycles. The van der Waals surface area contributed by atoms with Gasteiger partial charge < -0.3 is 9.57 Å². The maximum atomic E-state index is 15.3. The van der Waals surface area contributed by atoms with Crippen LogP contribution in [0.25, 0.3) is 0 Å². The highest BCUT2D eigenvalue weighted by molar-refractivity contribution is 7.88. The zero-order valence-corrected chi connectivity index (χ0v) is 23.9. The predicted octanol–water partition coefficient (Wildman–Crippen LogP) is 5.52. The summed E-state index contributed by atoms with van der Waals surface area (Å²) >= 11 is 6.30. The first-order valence-electron chi connectivity index (χ1n) is 13.1. The van der Waals surface area contributed by atoms with Gasteiger partial charge in [-0.2, -0.15) is 13.2 Å². The summed E-state index contributed by atoms with van der Waals surface area (Å²) in [5.41, 5.74) is 0.247. The molecule has 2 aromatic carbocycles. The fourth-order valence-electron chi connectivity index (χ4n) is 5.80. The largest absolute Gasteiger partial charge is 0.493 e. The number of hydrogen-bond donors (Lipinski definition) is 0. The van der Waals surface area contributed by atoms with Crippen molar-refractivity contribution in [3.8, 4) is 5.75 Å². The summed E-state index contributed by atoms with van der Waals surface area (Å²) in [6.07, 6.45) is -2.83. The molecule has 0 spiro atoms. The Kier molecular flexibility index (Phi) is 7.94. The molecule has 1 amide bonds. The molecule has 8 nitrogen and oxygen atoms in total. The van der Waals surface area contributed by atoms with Crippen LogP contribution in [0.4, 0.5) is 22.0 Å². The van der Waals surface area contributed by atoms with E-state index in [4.69, 9.17) is 16.3 Å². The van der Waals surface area contributed by atoms with Gasteiger partial charge in [-0.1, -0.05) is 22.1 Å². The smallest absolute Gasteiger partial charge is 0.488 e. The van der Waals surface area contributed by atoms with Crippen LogP contribution in [0.2, 0.25) is 5.02 Å². The van der Waals surface area contributed by atoms with Crippen LogP contribution in [0.3, 0.4) is 0 Å². The minimum atomic E-state index is -5.60. The van der Waals surface area contributed by atoms with Crippen molar-refractivity contribution in [2.24, 2.45) is 5.92 Å². The molecule has 4 atom stereocenters. The first kappa shape index (κ1) is 30.5. The number of fused-ring (bicyclic) bond motifs is 2. The molecule has 0 N–H and O–H groups in total. The van der Waals surface area contributed by atoms with Crippen molar-refractivity contribution in [2.75, 3.05) is 12.8 Å². The summed E-state index contributed by atoms with van der Waals surface area (Å²) in [6, 6.07) is 5.91. The fourth-order valence-corrected chi connectivity index (χ4v) is 6.72. The molecular weight excluding hydrogens is 611 g/mol. The third-order valence-electron chi connectivity index (χ3n) is 7.86. The standard InChI is InChI=1S/C27H26ClF5N2O6S/c1-13(17-6-5-16(29)9-20(17)28)34-12-14-7-22(34)24(8-14)40-23-11-21(30)19(10-18(23)15-3-4-15)25(36)35(42(2,38)39)41-26(37)27(31,32)33/h5-6,9-11,13-15,22,24H,3-4,7-8,12H2,1-2H3/t13-,14-,22+,24+/m0/s1. The number of amides is 1. The molecule has 2 aliphatic carbocycles. The van der Waals surface area contributed by atoms with Crippen molar-refractivity contribution in [2.45, 2.75) is 62.9 Å². The van der Waals surface area contributed by atoms with Crippen LogP contribution < -0.4 is 4.74 Å². The van der Waals surface area contributed by atoms with Gasteiger partial charge in [-0.15, -0.1) is 0 Å². The van der Waals surface area contributed by atoms with E-state index >= 15 is 4.39 Å². The van der Waals surface area contributed by atoms with Crippen LogP contribution >= 0.6 is 11.6 Å². The molecule has 1 aliphatic heterocycles. The molecule has 42 heavy (non-hydrogen) atoms. The number of nitrogens with zero attached hydrogens (tertiary/aromatic N) is 2. The molecule has 15 heteroatoms. The van der Waals surface area contributed by atoms with E-state index in [1.807, 2.05) is 6.92 Å². The lowest BCUT2D eigenvalue weighted by atomic mass is 10.0. The number of alkyl halides is 3. The normalized spacial score (nSPS) is 23.1. The van der Waals surface area contributed by atoms with Crippen molar-refractivity contribution < 1.29 is 49.5 Å². The van der Waals surface area contributed by atoms with Gasteiger partial charge in [0.05, 0.1) is 11.8 Å². The van der Waals surface area contributed by atoms with E-state index in [-0.39, 0.29) is 35.8 Å². The second-order valence-corrected chi connectivity index (χ2v) is 13.1. The zero-order valence-electron chi connectivity index (χ0n) is 22.3. The van der Waals surface area contributed by atoms with Gasteiger partial charge in [-0.05, 0) is 73.8 Å². The number of halogens is 6. The molecule has 0 aromatic heterocycles. The van der Waals surface area contributed by atoms with E-state index in [2.05, 4.69) is 9.74 Å². The Morgan fingerprint density at radius 3 is 2.38 bits per heavy atom. The van der Waals surface area contributed by atoms with Crippen LogP contribution in [0.1, 0.15) is 66.1 Å². The van der Waals surface area contributed by atoms with E-state index in [9.17, 15) is 35.6 Å². The average Bonchev–Trinajstić information content (AvgIpc) is 3.53. The number of carbonyl (C=O) groups is 2. The first-order valence-corrected chi connectivity index (χ1v) is 15.3. The Labute approximate surface area is 243 Å². The number of likely N-dealkylation sites (tertiary alicyclic amines) is 1. The van der Waals surface area contributed by atoms with Gasteiger partial charge in [0, 0.05) is 29.7 Å². The summed E-state index contributed by atoms with van der Waals surface area (Å²) < 4.78 is 96.7. The molecule has 0 unspecified atom stereocenters. The Hall–Kier alpha value is -2.97. The molecule has 1 heterocycles. The van der Waals surface area contributed by atoms with E-state index in [1.54, 1.807) is 6.07 Å². The van der Waals surface area contributed by atoms with Gasteiger partial charge in [0.1, 0.15) is 23.5 Å². The van der Waals surface area contributed by atoms with Crippen molar-refractivity contribution in [1.82, 2.24) is 9.37 Å². The predicted molar refractivity (Wildman–Crippen MR) is 139 cm³/mol. The number of benzene rings is 2. The van der Waals surface area contributed by atoms with Crippen LogP contribution in [-0.4, -0.2) is 60.8 Å². The highest BCUT2D eigenvalue weighted by Gasteiger charge is 2.49. The summed E-state index contributed by atoms with van der Waals surface area (Å²) in [7, 11) is -4.87. The Morgan fingerprint density at radius 1 is 1.12 bits per heavy atom. The maximum absolute atomic E-state index is 15.3. The zero-order chi connectivity index (χ0) is 30.7. The van der Waals surface area contributed by atoms with E-state index in [0.29, 0.717) is 36.1 Å². The SMILES string of the molecule is C[C@@H](c1ccc(F)cc1Cl)N1C[C@H]2C[C@@H]1[C@H](Oc1cc(F)c(C(=O)N(OC(=O)C(F)(F)F)S(C)(=O)=O)cc1C1CC1)C2. The molecule has 0 radical (unpaired) electrons. The molecule has 2 aromatic rings. The molecule has 3 fully saturated rings. The van der Waals surface area contributed by atoms with Crippen molar-refractivity contribution in [3.63, 3.8) is 0 Å². The van der Waals surface area contributed by atoms with E-state index in [1.165, 1.54) is 12.1 Å². The van der Waals surface area contributed by atoms with Crippen molar-refractivity contribution in [1.29, 1.82) is 0 Å². The monoisotopic (exact) mass is 636 g/mol. The number of carbonyl (C=O) groups excluding carboxylic acids is 2. The lowest BCUT2D eigenvalue weighted by Crippen LogP contribution is -2.45. The highest BCUT2D eigenvalue weighted by Crippen LogP contribution is 2.48. The maximum Gasteiger partial charge on any atom is 0.493 e. The molecule has 3 aliphatic rings. The molecule has 228 valence electrons. The minimum Gasteiger partial charge on any atom is -0.488 e. The number of hydrogen-bond acceptors (Lipinski definition) is 7. The van der Waals surface area contributed by atoms with Gasteiger partial charge in [0.2, 0.25) is 0 Å². The summed E-state index contributed by atoms with van der Waals surface area (Å²) in [6.45, 7) is 2.71. The van der Waals surface area contributed by atoms with E-state index in [0.717, 1.165) is 30.7 Å². The average molecular weight is 637 g/mol. The second-order valence-electron chi connectivity index (χ2n) is 10.9. The first-order chi connectivity index (χ1) is 19.5. The summed E-state index contributed by atoms with van der Waals surface area (Å²) in [4.78, 5) is 30.2. The summed E-state index contributed by atoms with van der Waals surface area (Å²) in [5, 5.41) is 0.296. The quantitative estimate of drug-likeness (QED) is 0.292. The minimum absolute atomic E-state index is 0.0787. The Bertz CT molecular complexity index is 1530. The van der Waals surface area contributed by atoms with Gasteiger partial charge in [0.15, 0.2) is 0 Å². The lowest BCUT2D eigenvalue weighted by Gasteiger charge is -2.38. The van der Waals surface area contributed by atoms with Gasteiger partial charge >= 0.3 is 18.1 Å². The van der Waals surface area contributed by atoms with Crippen molar-refractivity contribution in [3.05, 3.63) is 63.7 Å². The topological polar surface area (TPSA) is 93.2 Å². The molecule has 2 saturated carbocycles. The second kappa shape index (κ2) is 10.9. The molecular formula is C27H26ClF5N2O6S. The Morgan fingerprint density at radius 2 is 1.81 bits per heavy atom. The number of ether oxygens (including phenoxy) is 1. The van der Waals surface area contributed by atoms with Crippen LogP contribution in [-0.2, 0) is 19.7 Å². The van der Waals surface area contributed by atoms with Crippen molar-refractivity contribution >= 4 is 33.5 Å². The van der Waals surface area contributed by atoms with Crippen LogP contribution in [0, 0.1) is 17.6 Å². The van der Waals surface area contributed by atoms with Crippen LogP contribution in [0.5, 0.6) is 5.75 Å². The summed E-state index contributed by atoms with van der Waals surface area (Å²) in [5.74, 6) is -6.20. The molecule has 2 bridgehead atoms. The Balaban J connectivity index is 1.40. The number of rotatable bonds is 7. The lowest BCUT2D eigenvalue weighted by molar-refractivity contribution is -0.216. The van der Waals surface area contributed by atoms with Crippen LogP contribution in [0.15, 0.2) is 30.3 Å².